The van der Waals surface area contributed by atoms with Crippen molar-refractivity contribution in [2.24, 2.45) is 0 Å². The van der Waals surface area contributed by atoms with Crippen LogP contribution >= 0.6 is 23.1 Å². The molecule has 1 fully saturated rings. The smallest absolute Gasteiger partial charge is 0.234 e. The lowest BCUT2D eigenvalue weighted by molar-refractivity contribution is -0.116. The number of sulfonamides is 1. The quantitative estimate of drug-likeness (QED) is 0.335. The molecule has 11 heteroatoms. The van der Waals surface area contributed by atoms with Gasteiger partial charge in [0.2, 0.25) is 21.1 Å². The number of hydrogen-bond donors (Lipinski definition) is 0. The van der Waals surface area contributed by atoms with Gasteiger partial charge < -0.3 is 0 Å². The molecular weight excluding hydrogens is 444 g/mol. The number of carbonyl (C=O) groups excluding carboxylic acids is 2. The van der Waals surface area contributed by atoms with Crippen molar-refractivity contribution in [3.05, 3.63) is 29.3 Å². The van der Waals surface area contributed by atoms with Gasteiger partial charge in [-0.05, 0) is 49.9 Å². The fourth-order valence-corrected chi connectivity index (χ4v) is 6.45. The van der Waals surface area contributed by atoms with Crippen LogP contribution in [0.5, 0.6) is 0 Å². The summed E-state index contributed by atoms with van der Waals surface area (Å²) in [7, 11) is -3.30. The van der Waals surface area contributed by atoms with E-state index in [4.69, 9.17) is 0 Å². The van der Waals surface area contributed by atoms with E-state index in [-0.39, 0.29) is 29.2 Å². The molecule has 2 heterocycles. The van der Waals surface area contributed by atoms with Gasteiger partial charge in [-0.1, -0.05) is 23.1 Å². The Kier molecular flexibility index (Phi) is 5.86. The SMILES string of the molecule is CCS(=O)(=O)N1CCc2cc(C(=O)CSc3nnc(N(C(C)=O)C4CC4)s3)ccc21. The van der Waals surface area contributed by atoms with Gasteiger partial charge in [0.15, 0.2) is 10.1 Å². The van der Waals surface area contributed by atoms with Crippen LogP contribution in [0.25, 0.3) is 0 Å². The van der Waals surface area contributed by atoms with Crippen molar-refractivity contribution in [3.63, 3.8) is 0 Å². The first kappa shape index (κ1) is 21.3. The van der Waals surface area contributed by atoms with Gasteiger partial charge in [0.1, 0.15) is 0 Å². The van der Waals surface area contributed by atoms with Crippen LogP contribution in [-0.4, -0.2) is 54.4 Å². The Balaban J connectivity index is 1.41. The molecule has 8 nitrogen and oxygen atoms in total. The highest BCUT2D eigenvalue weighted by Gasteiger charge is 2.34. The lowest BCUT2D eigenvalue weighted by Crippen LogP contribution is -2.30. The highest BCUT2D eigenvalue weighted by molar-refractivity contribution is 8.01. The number of rotatable bonds is 8. The van der Waals surface area contributed by atoms with E-state index in [0.717, 1.165) is 18.4 Å². The average Bonchev–Trinajstić information content (AvgIpc) is 3.26. The Morgan fingerprint density at radius 1 is 1.30 bits per heavy atom. The Morgan fingerprint density at radius 2 is 2.07 bits per heavy atom. The zero-order valence-corrected chi connectivity index (χ0v) is 19.1. The normalized spacial score (nSPS) is 15.9. The third kappa shape index (κ3) is 4.23. The highest BCUT2D eigenvalue weighted by atomic mass is 32.2. The second-order valence-corrected chi connectivity index (χ2v) is 11.6. The summed E-state index contributed by atoms with van der Waals surface area (Å²) in [6.07, 6.45) is 2.56. The summed E-state index contributed by atoms with van der Waals surface area (Å²) in [5.41, 5.74) is 2.10. The number of benzene rings is 1. The van der Waals surface area contributed by atoms with Crippen LogP contribution in [0.4, 0.5) is 10.8 Å². The maximum absolute atomic E-state index is 12.7. The van der Waals surface area contributed by atoms with E-state index in [0.29, 0.717) is 33.7 Å². The van der Waals surface area contributed by atoms with Crippen molar-refractivity contribution in [3.8, 4) is 0 Å². The van der Waals surface area contributed by atoms with Gasteiger partial charge in [-0.2, -0.15) is 0 Å². The number of anilines is 2. The lowest BCUT2D eigenvalue weighted by atomic mass is 10.1. The number of carbonyl (C=O) groups is 2. The zero-order chi connectivity index (χ0) is 21.5. The molecule has 1 aliphatic heterocycles. The second kappa shape index (κ2) is 8.27. The lowest BCUT2D eigenvalue weighted by Gasteiger charge is -2.18. The minimum absolute atomic E-state index is 0.0430. The third-order valence-corrected chi connectivity index (χ3v) is 8.97. The standard InChI is InChI=1S/C19H22N4O4S3/c1-3-30(26,27)22-9-8-13-10-14(4-7-16(13)22)17(25)11-28-19-21-20-18(29-19)23(12(2)24)15-5-6-15/h4,7,10,15H,3,5-6,8-9,11H2,1-2H3. The number of amides is 1. The molecule has 0 N–H and O–H groups in total. The molecule has 2 aromatic rings. The number of fused-ring (bicyclic) bond motifs is 1. The van der Waals surface area contributed by atoms with Crippen molar-refractivity contribution in [2.75, 3.05) is 27.3 Å². The van der Waals surface area contributed by atoms with Crippen LogP contribution in [0.3, 0.4) is 0 Å². The van der Waals surface area contributed by atoms with Gasteiger partial charge in [0, 0.05) is 25.1 Å². The molecule has 4 rings (SSSR count). The van der Waals surface area contributed by atoms with Crippen LogP contribution in [0, 0.1) is 0 Å². The summed E-state index contributed by atoms with van der Waals surface area (Å²) in [5, 5.41) is 8.81. The molecule has 0 radical (unpaired) electrons. The van der Waals surface area contributed by atoms with E-state index < -0.39 is 10.0 Å². The van der Waals surface area contributed by atoms with Crippen LogP contribution in [0.15, 0.2) is 22.5 Å². The Morgan fingerprint density at radius 3 is 2.73 bits per heavy atom. The molecule has 1 saturated carbocycles. The summed E-state index contributed by atoms with van der Waals surface area (Å²) in [5.74, 6) is 0.157. The van der Waals surface area contributed by atoms with Gasteiger partial charge in [-0.15, -0.1) is 10.2 Å². The first-order chi connectivity index (χ1) is 14.3. The molecule has 1 aromatic heterocycles. The topological polar surface area (TPSA) is 101 Å². The number of aromatic nitrogens is 2. The van der Waals surface area contributed by atoms with Gasteiger partial charge in [0.25, 0.3) is 0 Å². The summed E-state index contributed by atoms with van der Waals surface area (Å²) in [4.78, 5) is 26.2. The summed E-state index contributed by atoms with van der Waals surface area (Å²) < 4.78 is 26.5. The Hall–Kier alpha value is -1.98. The van der Waals surface area contributed by atoms with Crippen molar-refractivity contribution in [1.82, 2.24) is 10.2 Å². The van der Waals surface area contributed by atoms with Crippen molar-refractivity contribution < 1.29 is 18.0 Å². The molecule has 160 valence electrons. The van der Waals surface area contributed by atoms with E-state index >= 15 is 0 Å². The highest BCUT2D eigenvalue weighted by Crippen LogP contribution is 2.36. The number of ketones is 1. The number of nitrogens with zero attached hydrogens (tertiary/aromatic N) is 4. The Bertz CT molecular complexity index is 1090. The molecule has 0 saturated heterocycles. The minimum Gasteiger partial charge on any atom is -0.293 e. The van der Waals surface area contributed by atoms with Crippen molar-refractivity contribution in [2.45, 2.75) is 43.5 Å². The van der Waals surface area contributed by atoms with Gasteiger partial charge in [-0.3, -0.25) is 18.8 Å². The molecule has 1 aliphatic carbocycles. The van der Waals surface area contributed by atoms with Crippen LogP contribution in [0.1, 0.15) is 42.6 Å². The molecule has 0 bridgehead atoms. The molecule has 1 amide bonds. The van der Waals surface area contributed by atoms with Crippen molar-refractivity contribution >= 4 is 55.6 Å². The first-order valence-corrected chi connectivity index (χ1v) is 13.1. The predicted molar refractivity (Wildman–Crippen MR) is 118 cm³/mol. The van der Waals surface area contributed by atoms with E-state index in [1.165, 1.54) is 34.3 Å². The summed E-state index contributed by atoms with van der Waals surface area (Å²) in [6.45, 7) is 3.57. The zero-order valence-electron chi connectivity index (χ0n) is 16.7. The average molecular weight is 467 g/mol. The number of thioether (sulfide) groups is 1. The van der Waals surface area contributed by atoms with E-state index in [1.54, 1.807) is 30.0 Å². The third-order valence-electron chi connectivity index (χ3n) is 5.13. The maximum atomic E-state index is 12.7. The molecule has 2 aliphatic rings. The van der Waals surface area contributed by atoms with E-state index in [2.05, 4.69) is 10.2 Å². The largest absolute Gasteiger partial charge is 0.293 e. The fraction of sp³-hybridized carbons (Fsp3) is 0.474. The molecule has 0 unspecified atom stereocenters. The monoisotopic (exact) mass is 466 g/mol. The van der Waals surface area contributed by atoms with E-state index in [9.17, 15) is 18.0 Å². The van der Waals surface area contributed by atoms with Gasteiger partial charge >= 0.3 is 0 Å². The van der Waals surface area contributed by atoms with Crippen LogP contribution < -0.4 is 9.21 Å². The van der Waals surface area contributed by atoms with Gasteiger partial charge in [0.05, 0.1) is 17.2 Å². The second-order valence-electron chi connectivity index (χ2n) is 7.25. The fourth-order valence-electron chi connectivity index (χ4n) is 3.44. The maximum Gasteiger partial charge on any atom is 0.234 e. The number of hydrogen-bond acceptors (Lipinski definition) is 8. The van der Waals surface area contributed by atoms with Crippen LogP contribution in [0.2, 0.25) is 0 Å². The minimum atomic E-state index is -3.30. The van der Waals surface area contributed by atoms with Crippen LogP contribution in [-0.2, 0) is 21.2 Å². The molecule has 0 atom stereocenters. The molecule has 1 aromatic carbocycles. The molecular formula is C19H22N4O4S3. The molecule has 30 heavy (non-hydrogen) atoms. The first-order valence-electron chi connectivity index (χ1n) is 9.73. The van der Waals surface area contributed by atoms with Gasteiger partial charge in [-0.25, -0.2) is 8.42 Å². The predicted octanol–water partition coefficient (Wildman–Crippen LogP) is 2.74. The Labute approximate surface area is 183 Å². The summed E-state index contributed by atoms with van der Waals surface area (Å²) >= 11 is 2.62. The molecule has 0 spiro atoms. The van der Waals surface area contributed by atoms with Crippen molar-refractivity contribution in [1.29, 1.82) is 0 Å². The number of Topliss-reactive ketones (excluding diaryl/α,β-unsaturated/α-hetero) is 1. The summed E-state index contributed by atoms with van der Waals surface area (Å²) in [6, 6.07) is 5.41. The van der Waals surface area contributed by atoms with E-state index in [1.807, 2.05) is 0 Å².